The van der Waals surface area contributed by atoms with Crippen LogP contribution in [0.1, 0.15) is 5.56 Å². The fourth-order valence-electron chi connectivity index (χ4n) is 4.91. The summed E-state index contributed by atoms with van der Waals surface area (Å²) >= 11 is 0. The molecule has 0 aliphatic carbocycles. The monoisotopic (exact) mass is 494 g/mol. The van der Waals surface area contributed by atoms with Gasteiger partial charge in [0.15, 0.2) is 0 Å². The SMILES string of the molecule is CN1CCN(Cc2ccc(-c3ccc4nccc(Nc5ccc6c(cnn6C)c5)c4c3)c(F)c2)CC1=O. The van der Waals surface area contributed by atoms with E-state index in [1.165, 1.54) is 0 Å². The second kappa shape index (κ2) is 9.29. The van der Waals surface area contributed by atoms with Crippen molar-refractivity contribution in [2.45, 2.75) is 6.54 Å². The number of carbonyl (C=O) groups is 1. The Labute approximate surface area is 214 Å². The Bertz CT molecular complexity index is 1640. The zero-order valence-corrected chi connectivity index (χ0v) is 20.8. The summed E-state index contributed by atoms with van der Waals surface area (Å²) in [5.74, 6) is -0.185. The minimum absolute atomic E-state index is 0.0953. The Morgan fingerprint density at radius 3 is 2.73 bits per heavy atom. The molecule has 0 spiro atoms. The van der Waals surface area contributed by atoms with E-state index < -0.39 is 0 Å². The van der Waals surface area contributed by atoms with Gasteiger partial charge in [0.2, 0.25) is 5.91 Å². The number of nitrogens with one attached hydrogen (secondary N) is 1. The lowest BCUT2D eigenvalue weighted by atomic mass is 10.00. The number of carbonyl (C=O) groups excluding carboxylic acids is 1. The first-order chi connectivity index (χ1) is 17.9. The van der Waals surface area contributed by atoms with Crippen LogP contribution in [0.5, 0.6) is 0 Å². The molecule has 1 N–H and O–H groups in total. The molecular formula is C29H27FN6O. The van der Waals surface area contributed by atoms with Gasteiger partial charge >= 0.3 is 0 Å². The number of anilines is 2. The zero-order valence-electron chi connectivity index (χ0n) is 20.8. The highest BCUT2D eigenvalue weighted by Gasteiger charge is 2.21. The number of piperazine rings is 1. The summed E-state index contributed by atoms with van der Waals surface area (Å²) in [6.07, 6.45) is 3.61. The van der Waals surface area contributed by atoms with Crippen LogP contribution in [-0.2, 0) is 18.4 Å². The summed E-state index contributed by atoms with van der Waals surface area (Å²) in [6, 6.07) is 19.2. The number of rotatable bonds is 5. The van der Waals surface area contributed by atoms with Gasteiger partial charge in [-0.2, -0.15) is 5.10 Å². The van der Waals surface area contributed by atoms with Crippen molar-refractivity contribution in [3.63, 3.8) is 0 Å². The van der Waals surface area contributed by atoms with Crippen LogP contribution in [-0.4, -0.2) is 57.2 Å². The van der Waals surface area contributed by atoms with Crippen molar-refractivity contribution in [2.24, 2.45) is 7.05 Å². The van der Waals surface area contributed by atoms with Crippen LogP contribution in [0.25, 0.3) is 32.9 Å². The first-order valence-electron chi connectivity index (χ1n) is 12.3. The smallest absolute Gasteiger partial charge is 0.236 e. The molecule has 7 nitrogen and oxygen atoms in total. The molecule has 3 aromatic carbocycles. The fourth-order valence-corrected chi connectivity index (χ4v) is 4.91. The third kappa shape index (κ3) is 4.51. The van der Waals surface area contributed by atoms with Crippen LogP contribution in [0, 0.1) is 5.82 Å². The number of fused-ring (bicyclic) bond motifs is 2. The summed E-state index contributed by atoms with van der Waals surface area (Å²) < 4.78 is 17.1. The lowest BCUT2D eigenvalue weighted by molar-refractivity contribution is -0.134. The van der Waals surface area contributed by atoms with Gasteiger partial charge in [0.05, 0.1) is 23.8 Å². The number of likely N-dealkylation sites (N-methyl/N-ethyl adjacent to an activating group) is 1. The van der Waals surface area contributed by atoms with Gasteiger partial charge in [-0.25, -0.2) is 4.39 Å². The van der Waals surface area contributed by atoms with E-state index >= 15 is 4.39 Å². The summed E-state index contributed by atoms with van der Waals surface area (Å²) in [6.45, 7) is 2.39. The van der Waals surface area contributed by atoms with Crippen molar-refractivity contribution >= 4 is 39.1 Å². The van der Waals surface area contributed by atoms with E-state index in [1.807, 2.05) is 73.5 Å². The van der Waals surface area contributed by atoms with Crippen LogP contribution in [0.15, 0.2) is 73.1 Å². The van der Waals surface area contributed by atoms with Gasteiger partial charge in [0.25, 0.3) is 0 Å². The van der Waals surface area contributed by atoms with E-state index in [9.17, 15) is 4.79 Å². The zero-order chi connectivity index (χ0) is 25.5. The van der Waals surface area contributed by atoms with E-state index in [4.69, 9.17) is 0 Å². The molecule has 0 saturated carbocycles. The highest BCUT2D eigenvalue weighted by molar-refractivity contribution is 5.96. The first-order valence-corrected chi connectivity index (χ1v) is 12.3. The van der Waals surface area contributed by atoms with Gasteiger partial charge in [-0.05, 0) is 53.6 Å². The maximum atomic E-state index is 15.3. The van der Waals surface area contributed by atoms with Crippen molar-refractivity contribution < 1.29 is 9.18 Å². The Hall–Kier alpha value is -4.30. The van der Waals surface area contributed by atoms with E-state index in [2.05, 4.69) is 26.4 Å². The molecule has 2 aromatic heterocycles. The summed E-state index contributed by atoms with van der Waals surface area (Å²) in [7, 11) is 3.74. The predicted molar refractivity (Wildman–Crippen MR) is 144 cm³/mol. The molecular weight excluding hydrogens is 467 g/mol. The normalized spacial score (nSPS) is 14.6. The van der Waals surface area contributed by atoms with Gasteiger partial charge in [0.1, 0.15) is 5.82 Å². The largest absolute Gasteiger partial charge is 0.355 e. The number of amides is 1. The molecule has 0 bridgehead atoms. The molecule has 0 radical (unpaired) electrons. The topological polar surface area (TPSA) is 66.3 Å². The lowest BCUT2D eigenvalue weighted by Gasteiger charge is -2.31. The minimum atomic E-state index is -0.280. The maximum Gasteiger partial charge on any atom is 0.236 e. The number of pyridine rings is 1. The molecule has 1 fully saturated rings. The maximum absolute atomic E-state index is 15.3. The van der Waals surface area contributed by atoms with E-state index in [0.717, 1.165) is 50.9 Å². The van der Waals surface area contributed by atoms with Crippen LogP contribution < -0.4 is 5.32 Å². The van der Waals surface area contributed by atoms with Crippen molar-refractivity contribution in [1.29, 1.82) is 0 Å². The highest BCUT2D eigenvalue weighted by Crippen LogP contribution is 2.32. The van der Waals surface area contributed by atoms with Crippen LogP contribution in [0.4, 0.5) is 15.8 Å². The third-order valence-corrected chi connectivity index (χ3v) is 7.05. The molecule has 1 aliphatic heterocycles. The second-order valence-corrected chi connectivity index (χ2v) is 9.60. The molecule has 0 unspecified atom stereocenters. The van der Waals surface area contributed by atoms with Crippen molar-refractivity contribution in [1.82, 2.24) is 24.6 Å². The molecule has 6 rings (SSSR count). The summed E-state index contributed by atoms with van der Waals surface area (Å²) in [5.41, 5.74) is 5.90. The molecule has 0 atom stereocenters. The second-order valence-electron chi connectivity index (χ2n) is 9.60. The number of benzene rings is 3. The van der Waals surface area contributed by atoms with Gasteiger partial charge in [-0.1, -0.05) is 18.2 Å². The summed E-state index contributed by atoms with van der Waals surface area (Å²) in [4.78, 5) is 20.3. The number of aromatic nitrogens is 3. The molecule has 1 aliphatic rings. The molecule has 186 valence electrons. The van der Waals surface area contributed by atoms with Crippen molar-refractivity contribution in [3.05, 3.63) is 84.4 Å². The van der Waals surface area contributed by atoms with Gasteiger partial charge in [0, 0.05) is 67.6 Å². The molecule has 5 aromatic rings. The highest BCUT2D eigenvalue weighted by atomic mass is 19.1. The predicted octanol–water partition coefficient (Wildman–Crippen LogP) is 4.95. The quantitative estimate of drug-likeness (QED) is 0.375. The Kier molecular flexibility index (Phi) is 5.81. The summed E-state index contributed by atoms with van der Waals surface area (Å²) in [5, 5.41) is 9.77. The number of halogens is 1. The van der Waals surface area contributed by atoms with Gasteiger partial charge in [-0.15, -0.1) is 0 Å². The number of hydrogen-bond donors (Lipinski definition) is 1. The Morgan fingerprint density at radius 2 is 1.89 bits per heavy atom. The first kappa shape index (κ1) is 23.1. The number of nitrogens with zero attached hydrogens (tertiary/aromatic N) is 5. The molecule has 1 saturated heterocycles. The molecule has 1 amide bonds. The van der Waals surface area contributed by atoms with Gasteiger partial charge < -0.3 is 10.2 Å². The van der Waals surface area contributed by atoms with E-state index in [1.54, 1.807) is 17.2 Å². The lowest BCUT2D eigenvalue weighted by Crippen LogP contribution is -2.47. The number of hydrogen-bond acceptors (Lipinski definition) is 5. The van der Waals surface area contributed by atoms with Crippen LogP contribution >= 0.6 is 0 Å². The van der Waals surface area contributed by atoms with E-state index in [0.29, 0.717) is 25.2 Å². The minimum Gasteiger partial charge on any atom is -0.355 e. The van der Waals surface area contributed by atoms with Gasteiger partial charge in [-0.3, -0.25) is 19.4 Å². The van der Waals surface area contributed by atoms with Crippen LogP contribution in [0.2, 0.25) is 0 Å². The Balaban J connectivity index is 1.28. The molecule has 37 heavy (non-hydrogen) atoms. The average molecular weight is 495 g/mol. The molecule has 3 heterocycles. The third-order valence-electron chi connectivity index (χ3n) is 7.05. The Morgan fingerprint density at radius 1 is 1.00 bits per heavy atom. The average Bonchev–Trinajstić information content (AvgIpc) is 3.26. The van der Waals surface area contributed by atoms with Crippen LogP contribution in [0.3, 0.4) is 0 Å². The van der Waals surface area contributed by atoms with Crippen molar-refractivity contribution in [3.8, 4) is 11.1 Å². The van der Waals surface area contributed by atoms with E-state index in [-0.39, 0.29) is 11.7 Å². The number of aryl methyl sites for hydroxylation is 1. The fraction of sp³-hybridized carbons (Fsp3) is 0.207. The molecule has 8 heteroatoms. The van der Waals surface area contributed by atoms with Crippen molar-refractivity contribution in [2.75, 3.05) is 32.0 Å². The standard InChI is InChI=1S/C29H27FN6O/c1-34-11-12-36(18-29(34)37)17-19-3-6-23(25(30)13-19)20-4-7-26-24(15-20)27(9-10-31-26)33-22-5-8-28-21(14-22)16-32-35(28)2/h3-10,13-16H,11-12,17-18H2,1-2H3,(H,31,33).